The van der Waals surface area contributed by atoms with Crippen LogP contribution < -0.4 is 4.90 Å². The fraction of sp³-hybridized carbons (Fsp3) is 0.286. The highest BCUT2D eigenvalue weighted by molar-refractivity contribution is 6.10. The molecular weight excluding hydrogens is 230 g/mol. The maximum Gasteiger partial charge on any atom is 0.337 e. The van der Waals surface area contributed by atoms with Crippen molar-refractivity contribution in [2.75, 3.05) is 12.0 Å². The molecule has 0 spiro atoms. The number of amides is 1. The van der Waals surface area contributed by atoms with Crippen LogP contribution in [-0.4, -0.2) is 25.0 Å². The Hall–Kier alpha value is -2.10. The van der Waals surface area contributed by atoms with Crippen LogP contribution in [0.3, 0.4) is 0 Å². The first kappa shape index (κ1) is 11.0. The minimum Gasteiger partial charge on any atom is -0.465 e. The lowest BCUT2D eigenvalue weighted by Crippen LogP contribution is -2.28. The normalized spacial score (nSPS) is 20.9. The predicted octanol–water partition coefficient (Wildman–Crippen LogP) is 1.69. The zero-order valence-electron chi connectivity index (χ0n) is 10.1. The van der Waals surface area contributed by atoms with Gasteiger partial charge in [0, 0.05) is 17.3 Å². The fourth-order valence-corrected chi connectivity index (χ4v) is 2.75. The Bertz CT molecular complexity index is 576. The molecule has 1 fully saturated rings. The van der Waals surface area contributed by atoms with Crippen LogP contribution >= 0.6 is 0 Å². The van der Waals surface area contributed by atoms with E-state index in [4.69, 9.17) is 4.74 Å². The molecule has 92 valence electrons. The number of nitrogens with zero attached hydrogens (tertiary/aromatic N) is 1. The molecule has 0 aromatic heterocycles. The van der Waals surface area contributed by atoms with Crippen molar-refractivity contribution in [3.63, 3.8) is 0 Å². The summed E-state index contributed by atoms with van der Waals surface area (Å²) in [5, 5.41) is 0. The van der Waals surface area contributed by atoms with Gasteiger partial charge in [0.2, 0.25) is 0 Å². The molecule has 1 saturated heterocycles. The average molecular weight is 243 g/mol. The smallest absolute Gasteiger partial charge is 0.337 e. The van der Waals surface area contributed by atoms with Gasteiger partial charge in [0.25, 0.3) is 5.91 Å². The van der Waals surface area contributed by atoms with E-state index in [1.807, 2.05) is 12.1 Å². The van der Waals surface area contributed by atoms with Crippen molar-refractivity contribution in [3.05, 3.63) is 41.5 Å². The van der Waals surface area contributed by atoms with Gasteiger partial charge in [-0.1, -0.05) is 6.58 Å². The monoisotopic (exact) mass is 243 g/mol. The minimum absolute atomic E-state index is 0.00423. The Morgan fingerprint density at radius 2 is 2.22 bits per heavy atom. The number of ether oxygens (including phenoxy) is 1. The summed E-state index contributed by atoms with van der Waals surface area (Å²) < 4.78 is 4.69. The van der Waals surface area contributed by atoms with Crippen LogP contribution in [-0.2, 0) is 16.0 Å². The number of benzene rings is 1. The Labute approximate surface area is 105 Å². The van der Waals surface area contributed by atoms with Crippen molar-refractivity contribution in [3.8, 4) is 0 Å². The molecule has 4 nitrogen and oxygen atoms in total. The van der Waals surface area contributed by atoms with E-state index in [-0.39, 0.29) is 17.9 Å². The molecule has 1 aromatic carbocycles. The molecule has 18 heavy (non-hydrogen) atoms. The lowest BCUT2D eigenvalue weighted by Gasteiger charge is -2.15. The van der Waals surface area contributed by atoms with E-state index >= 15 is 0 Å². The van der Waals surface area contributed by atoms with Crippen LogP contribution in [0.1, 0.15) is 22.3 Å². The number of esters is 1. The summed E-state index contributed by atoms with van der Waals surface area (Å²) in [5.74, 6) is -0.342. The van der Waals surface area contributed by atoms with Gasteiger partial charge in [0.15, 0.2) is 0 Å². The molecule has 1 aromatic rings. The van der Waals surface area contributed by atoms with Crippen LogP contribution in [0.25, 0.3) is 0 Å². The van der Waals surface area contributed by atoms with Crippen LogP contribution in [0.2, 0.25) is 0 Å². The van der Waals surface area contributed by atoms with Crippen molar-refractivity contribution < 1.29 is 14.3 Å². The van der Waals surface area contributed by atoms with Crippen LogP contribution in [0.4, 0.5) is 5.69 Å². The number of anilines is 1. The molecule has 2 heterocycles. The second kappa shape index (κ2) is 3.70. The van der Waals surface area contributed by atoms with Crippen molar-refractivity contribution in [2.45, 2.75) is 18.9 Å². The zero-order chi connectivity index (χ0) is 12.9. The predicted molar refractivity (Wildman–Crippen MR) is 66.5 cm³/mol. The topological polar surface area (TPSA) is 46.6 Å². The summed E-state index contributed by atoms with van der Waals surface area (Å²) in [4.78, 5) is 25.2. The van der Waals surface area contributed by atoms with E-state index in [1.54, 1.807) is 11.0 Å². The molecule has 4 heteroatoms. The summed E-state index contributed by atoms with van der Waals surface area (Å²) in [6.45, 7) is 3.78. The van der Waals surface area contributed by atoms with Crippen LogP contribution in [0.15, 0.2) is 30.4 Å². The maximum atomic E-state index is 12.0. The Balaban J connectivity index is 2.01. The van der Waals surface area contributed by atoms with Crippen LogP contribution in [0.5, 0.6) is 0 Å². The van der Waals surface area contributed by atoms with Crippen molar-refractivity contribution >= 4 is 17.6 Å². The Morgan fingerprint density at radius 3 is 2.94 bits per heavy atom. The molecule has 1 amide bonds. The third kappa shape index (κ3) is 1.38. The third-order valence-electron chi connectivity index (χ3n) is 3.58. The lowest BCUT2D eigenvalue weighted by molar-refractivity contribution is -0.114. The van der Waals surface area contributed by atoms with E-state index < -0.39 is 0 Å². The van der Waals surface area contributed by atoms with Gasteiger partial charge in [-0.25, -0.2) is 4.79 Å². The van der Waals surface area contributed by atoms with E-state index in [9.17, 15) is 9.59 Å². The summed E-state index contributed by atoms with van der Waals surface area (Å²) in [5.41, 5.74) is 3.13. The number of fused-ring (bicyclic) bond motifs is 3. The van der Waals surface area contributed by atoms with Gasteiger partial charge < -0.3 is 9.64 Å². The maximum absolute atomic E-state index is 12.0. The Kier molecular flexibility index (Phi) is 2.26. The number of hydrogen-bond acceptors (Lipinski definition) is 3. The first-order chi connectivity index (χ1) is 8.61. The van der Waals surface area contributed by atoms with Crippen molar-refractivity contribution in [2.24, 2.45) is 0 Å². The summed E-state index contributed by atoms with van der Waals surface area (Å²) in [6, 6.07) is 5.50. The third-order valence-corrected chi connectivity index (χ3v) is 3.58. The number of methoxy groups -OCH3 is 1. The molecule has 3 rings (SSSR count). The molecule has 0 radical (unpaired) electrons. The lowest BCUT2D eigenvalue weighted by atomic mass is 10.0. The highest BCUT2D eigenvalue weighted by Gasteiger charge is 2.41. The fourth-order valence-electron chi connectivity index (χ4n) is 2.75. The van der Waals surface area contributed by atoms with Crippen molar-refractivity contribution in [1.29, 1.82) is 0 Å². The number of rotatable bonds is 1. The van der Waals surface area contributed by atoms with E-state index in [2.05, 4.69) is 6.58 Å². The first-order valence-corrected chi connectivity index (χ1v) is 5.84. The van der Waals surface area contributed by atoms with E-state index in [0.717, 1.165) is 17.7 Å². The number of carbonyl (C=O) groups excluding carboxylic acids is 2. The molecule has 0 bridgehead atoms. The van der Waals surface area contributed by atoms with Gasteiger partial charge >= 0.3 is 5.97 Å². The number of carbonyl (C=O) groups is 2. The quantitative estimate of drug-likeness (QED) is 0.557. The second-order valence-electron chi connectivity index (χ2n) is 4.68. The Morgan fingerprint density at radius 1 is 1.44 bits per heavy atom. The molecule has 0 aliphatic carbocycles. The summed E-state index contributed by atoms with van der Waals surface area (Å²) >= 11 is 0. The number of hydrogen-bond donors (Lipinski definition) is 0. The molecule has 1 unspecified atom stereocenters. The highest BCUT2D eigenvalue weighted by Crippen LogP contribution is 2.40. The van der Waals surface area contributed by atoms with E-state index in [1.165, 1.54) is 7.11 Å². The van der Waals surface area contributed by atoms with Gasteiger partial charge in [-0.05, 0) is 36.6 Å². The van der Waals surface area contributed by atoms with Gasteiger partial charge in [-0.15, -0.1) is 0 Å². The van der Waals surface area contributed by atoms with Gasteiger partial charge in [-0.3, -0.25) is 4.79 Å². The SMILES string of the molecule is C=C1CC2Cc3cc(C(=O)OC)ccc3N2C1=O. The molecule has 1 atom stereocenters. The summed E-state index contributed by atoms with van der Waals surface area (Å²) in [7, 11) is 1.36. The van der Waals surface area contributed by atoms with E-state index in [0.29, 0.717) is 17.6 Å². The van der Waals surface area contributed by atoms with Crippen molar-refractivity contribution in [1.82, 2.24) is 0 Å². The minimum atomic E-state index is -0.347. The largest absolute Gasteiger partial charge is 0.465 e. The first-order valence-electron chi connectivity index (χ1n) is 5.84. The highest BCUT2D eigenvalue weighted by atomic mass is 16.5. The zero-order valence-corrected chi connectivity index (χ0v) is 10.1. The molecule has 0 N–H and O–H groups in total. The second-order valence-corrected chi connectivity index (χ2v) is 4.68. The molecule has 2 aliphatic rings. The van der Waals surface area contributed by atoms with Gasteiger partial charge in [-0.2, -0.15) is 0 Å². The molecule has 2 aliphatic heterocycles. The summed E-state index contributed by atoms with van der Waals surface area (Å²) in [6.07, 6.45) is 1.49. The van der Waals surface area contributed by atoms with Crippen LogP contribution in [0, 0.1) is 0 Å². The molecular formula is C14H13NO3. The molecule has 0 saturated carbocycles. The van der Waals surface area contributed by atoms with Gasteiger partial charge in [0.1, 0.15) is 0 Å². The standard InChI is InChI=1S/C14H13NO3/c1-8-5-11-7-10-6-9(14(17)18-2)3-4-12(10)15(11)13(8)16/h3-4,6,11H,1,5,7H2,2H3. The van der Waals surface area contributed by atoms with Gasteiger partial charge in [0.05, 0.1) is 12.7 Å². The average Bonchev–Trinajstić information content (AvgIpc) is 2.85.